The molecule has 0 bridgehead atoms. The molecule has 0 aliphatic heterocycles. The normalized spacial score (nSPS) is 12.2. The summed E-state index contributed by atoms with van der Waals surface area (Å²) in [5.41, 5.74) is 7.87. The Morgan fingerprint density at radius 3 is 2.39 bits per heavy atom. The first-order valence-electron chi connectivity index (χ1n) is 5.88. The number of ether oxygens (including phenoxy) is 1. The molecule has 0 saturated carbocycles. The van der Waals surface area contributed by atoms with Gasteiger partial charge in [-0.1, -0.05) is 41.9 Å². The van der Waals surface area contributed by atoms with Crippen LogP contribution in [0.5, 0.6) is 5.75 Å². The van der Waals surface area contributed by atoms with E-state index in [-0.39, 0.29) is 6.04 Å². The van der Waals surface area contributed by atoms with E-state index in [4.69, 9.17) is 22.1 Å². The van der Waals surface area contributed by atoms with Crippen molar-refractivity contribution in [2.45, 2.75) is 19.6 Å². The molecule has 0 amide bonds. The summed E-state index contributed by atoms with van der Waals surface area (Å²) in [5, 5.41) is 0.727. The molecular weight excluding hydrogens is 246 g/mol. The van der Waals surface area contributed by atoms with E-state index < -0.39 is 0 Å². The van der Waals surface area contributed by atoms with Crippen LogP contribution in [0.3, 0.4) is 0 Å². The molecule has 0 saturated heterocycles. The molecule has 2 aromatic carbocycles. The first-order chi connectivity index (χ1) is 8.66. The van der Waals surface area contributed by atoms with Crippen molar-refractivity contribution in [2.75, 3.05) is 0 Å². The van der Waals surface area contributed by atoms with Gasteiger partial charge in [0.05, 0.1) is 0 Å². The fourth-order valence-electron chi connectivity index (χ4n) is 1.64. The van der Waals surface area contributed by atoms with Crippen molar-refractivity contribution >= 4 is 11.6 Å². The summed E-state index contributed by atoms with van der Waals surface area (Å²) < 4.78 is 5.68. The Morgan fingerprint density at radius 2 is 1.78 bits per heavy atom. The van der Waals surface area contributed by atoms with Gasteiger partial charge in [-0.05, 0) is 30.7 Å². The molecule has 0 heterocycles. The van der Waals surface area contributed by atoms with Crippen molar-refractivity contribution in [3.8, 4) is 5.75 Å². The van der Waals surface area contributed by atoms with Crippen LogP contribution in [0.15, 0.2) is 48.5 Å². The highest BCUT2D eigenvalue weighted by Gasteiger charge is 2.02. The lowest BCUT2D eigenvalue weighted by Crippen LogP contribution is -2.04. The fraction of sp³-hybridized carbons (Fsp3) is 0.200. The molecule has 0 aromatic heterocycles. The van der Waals surface area contributed by atoms with Gasteiger partial charge in [-0.15, -0.1) is 0 Å². The zero-order chi connectivity index (χ0) is 13.0. The van der Waals surface area contributed by atoms with Gasteiger partial charge in [0, 0.05) is 16.6 Å². The second kappa shape index (κ2) is 5.89. The van der Waals surface area contributed by atoms with Crippen LogP contribution in [0.1, 0.15) is 24.1 Å². The van der Waals surface area contributed by atoms with Crippen LogP contribution in [-0.4, -0.2) is 0 Å². The van der Waals surface area contributed by atoms with Gasteiger partial charge in [0.1, 0.15) is 12.4 Å². The molecule has 1 atom stereocenters. The summed E-state index contributed by atoms with van der Waals surface area (Å²) in [7, 11) is 0. The molecule has 94 valence electrons. The summed E-state index contributed by atoms with van der Waals surface area (Å²) >= 11 is 6.06. The smallest absolute Gasteiger partial charge is 0.119 e. The summed E-state index contributed by atoms with van der Waals surface area (Å²) in [5.74, 6) is 0.819. The van der Waals surface area contributed by atoms with Gasteiger partial charge in [0.15, 0.2) is 0 Å². The third-order valence-electron chi connectivity index (χ3n) is 2.76. The Bertz CT molecular complexity index is 508. The number of hydrogen-bond acceptors (Lipinski definition) is 2. The second-order valence-corrected chi connectivity index (χ2v) is 4.64. The lowest BCUT2D eigenvalue weighted by atomic mass is 10.1. The van der Waals surface area contributed by atoms with Crippen molar-refractivity contribution in [3.63, 3.8) is 0 Å². The zero-order valence-electron chi connectivity index (χ0n) is 10.3. The zero-order valence-corrected chi connectivity index (χ0v) is 11.0. The highest BCUT2D eigenvalue weighted by Crippen LogP contribution is 2.20. The highest BCUT2D eigenvalue weighted by atomic mass is 35.5. The average Bonchev–Trinajstić information content (AvgIpc) is 2.38. The summed E-state index contributed by atoms with van der Waals surface area (Å²) in [6.45, 7) is 2.43. The quantitative estimate of drug-likeness (QED) is 0.905. The summed E-state index contributed by atoms with van der Waals surface area (Å²) in [6.07, 6.45) is 0. The average molecular weight is 262 g/mol. The number of benzene rings is 2. The molecule has 0 radical (unpaired) electrons. The number of nitrogens with two attached hydrogens (primary N) is 1. The van der Waals surface area contributed by atoms with E-state index in [0.29, 0.717) is 6.61 Å². The van der Waals surface area contributed by atoms with Crippen molar-refractivity contribution in [3.05, 3.63) is 64.7 Å². The van der Waals surface area contributed by atoms with Crippen molar-refractivity contribution in [2.24, 2.45) is 5.73 Å². The molecule has 0 spiro atoms. The molecule has 2 rings (SSSR count). The van der Waals surface area contributed by atoms with Crippen LogP contribution < -0.4 is 10.5 Å². The third-order valence-corrected chi connectivity index (χ3v) is 3.13. The van der Waals surface area contributed by atoms with Crippen molar-refractivity contribution in [1.82, 2.24) is 0 Å². The van der Waals surface area contributed by atoms with E-state index in [0.717, 1.165) is 21.9 Å². The van der Waals surface area contributed by atoms with Crippen molar-refractivity contribution < 1.29 is 4.74 Å². The molecule has 2 nitrogen and oxygen atoms in total. The Labute approximate surface area is 112 Å². The Morgan fingerprint density at radius 1 is 1.11 bits per heavy atom. The largest absolute Gasteiger partial charge is 0.489 e. The van der Waals surface area contributed by atoms with Crippen molar-refractivity contribution in [1.29, 1.82) is 0 Å². The van der Waals surface area contributed by atoms with E-state index in [2.05, 4.69) is 0 Å². The molecule has 0 aliphatic carbocycles. The highest BCUT2D eigenvalue weighted by molar-refractivity contribution is 6.31. The first-order valence-corrected chi connectivity index (χ1v) is 6.26. The Hall–Kier alpha value is -1.51. The molecule has 0 aliphatic rings. The van der Waals surface area contributed by atoms with E-state index in [9.17, 15) is 0 Å². The van der Waals surface area contributed by atoms with Crippen LogP contribution in [0.2, 0.25) is 5.02 Å². The Kier molecular flexibility index (Phi) is 4.24. The molecule has 18 heavy (non-hydrogen) atoms. The molecule has 0 fully saturated rings. The maximum Gasteiger partial charge on any atom is 0.119 e. The van der Waals surface area contributed by atoms with E-state index in [1.165, 1.54) is 0 Å². The number of halogens is 1. The van der Waals surface area contributed by atoms with Gasteiger partial charge >= 0.3 is 0 Å². The molecule has 3 heteroatoms. The minimum Gasteiger partial charge on any atom is -0.489 e. The Balaban J connectivity index is 2.00. The molecular formula is C15H16ClNO. The summed E-state index contributed by atoms with van der Waals surface area (Å²) in [6, 6.07) is 15.5. The van der Waals surface area contributed by atoms with E-state index in [1.807, 2.05) is 55.5 Å². The maximum absolute atomic E-state index is 6.06. The topological polar surface area (TPSA) is 35.2 Å². The monoisotopic (exact) mass is 261 g/mol. The number of hydrogen-bond donors (Lipinski definition) is 1. The van der Waals surface area contributed by atoms with Gasteiger partial charge in [-0.25, -0.2) is 0 Å². The van der Waals surface area contributed by atoms with Crippen LogP contribution >= 0.6 is 11.6 Å². The van der Waals surface area contributed by atoms with Gasteiger partial charge in [-0.2, -0.15) is 0 Å². The molecule has 1 unspecified atom stereocenters. The minimum absolute atomic E-state index is 0.0441. The lowest BCUT2D eigenvalue weighted by Gasteiger charge is -2.09. The van der Waals surface area contributed by atoms with Gasteiger partial charge in [-0.3, -0.25) is 0 Å². The third kappa shape index (κ3) is 3.25. The van der Waals surface area contributed by atoms with Gasteiger partial charge < -0.3 is 10.5 Å². The SMILES string of the molecule is CC(N)c1ccc(OCc2ccccc2Cl)cc1. The van der Waals surface area contributed by atoms with Gasteiger partial charge in [0.25, 0.3) is 0 Å². The van der Waals surface area contributed by atoms with Crippen LogP contribution in [0, 0.1) is 0 Å². The van der Waals surface area contributed by atoms with Crippen LogP contribution in [0.4, 0.5) is 0 Å². The second-order valence-electron chi connectivity index (χ2n) is 4.24. The predicted octanol–water partition coefficient (Wildman–Crippen LogP) is 3.94. The van der Waals surface area contributed by atoms with Crippen LogP contribution in [-0.2, 0) is 6.61 Å². The first kappa shape index (κ1) is 12.9. The molecule has 2 N–H and O–H groups in total. The fourth-order valence-corrected chi connectivity index (χ4v) is 1.83. The predicted molar refractivity (Wildman–Crippen MR) is 74.8 cm³/mol. The summed E-state index contributed by atoms with van der Waals surface area (Å²) in [4.78, 5) is 0. The van der Waals surface area contributed by atoms with E-state index in [1.54, 1.807) is 0 Å². The maximum atomic E-state index is 6.06. The minimum atomic E-state index is 0.0441. The number of rotatable bonds is 4. The van der Waals surface area contributed by atoms with E-state index >= 15 is 0 Å². The molecule has 2 aromatic rings. The lowest BCUT2D eigenvalue weighted by molar-refractivity contribution is 0.306. The van der Waals surface area contributed by atoms with Gasteiger partial charge in [0.2, 0.25) is 0 Å². The standard InChI is InChI=1S/C15H16ClNO/c1-11(17)12-6-8-14(9-7-12)18-10-13-4-2-3-5-15(13)16/h2-9,11H,10,17H2,1H3. The van der Waals surface area contributed by atoms with Crippen LogP contribution in [0.25, 0.3) is 0 Å².